The highest BCUT2D eigenvalue weighted by Gasteiger charge is 2.16. The van der Waals surface area contributed by atoms with Gasteiger partial charge in [-0.05, 0) is 40.9 Å². The number of likely N-dealkylation sites (N-methyl/N-ethyl adjacent to an activating group) is 2. The standard InChI is InChI=1S/C22H33N9OS/c1-7-31-13-17(24-14-31)8-9-23-21(32)28-22-26-16(3)19(33-22)18-12-15(2)25-20(27-18)30(6)11-10-29(4)5/h12-14H,7-11H2,1-6H3,(H2,23,26,28,32). The Morgan fingerprint density at radius 1 is 1.15 bits per heavy atom. The molecule has 0 aromatic carbocycles. The molecule has 0 unspecified atom stereocenters. The van der Waals surface area contributed by atoms with E-state index < -0.39 is 0 Å². The number of urea groups is 1. The van der Waals surface area contributed by atoms with Crippen LogP contribution in [0.2, 0.25) is 0 Å². The maximum atomic E-state index is 12.3. The highest BCUT2D eigenvalue weighted by Crippen LogP contribution is 2.32. The number of imidazole rings is 1. The molecule has 0 saturated heterocycles. The van der Waals surface area contributed by atoms with E-state index in [1.165, 1.54) is 11.3 Å². The molecule has 0 spiro atoms. The van der Waals surface area contributed by atoms with Crippen molar-refractivity contribution in [1.29, 1.82) is 0 Å². The molecule has 0 bridgehead atoms. The number of aryl methyl sites for hydroxylation is 3. The summed E-state index contributed by atoms with van der Waals surface area (Å²) < 4.78 is 2.01. The lowest BCUT2D eigenvalue weighted by Gasteiger charge is -2.20. The van der Waals surface area contributed by atoms with Crippen LogP contribution in [0.5, 0.6) is 0 Å². The van der Waals surface area contributed by atoms with Crippen LogP contribution in [-0.4, -0.2) is 76.2 Å². The highest BCUT2D eigenvalue weighted by atomic mass is 32.1. The quantitative estimate of drug-likeness (QED) is 0.468. The third kappa shape index (κ3) is 6.96. The predicted octanol–water partition coefficient (Wildman–Crippen LogP) is 2.80. The summed E-state index contributed by atoms with van der Waals surface area (Å²) in [5.41, 5.74) is 3.47. The van der Waals surface area contributed by atoms with Gasteiger partial charge < -0.3 is 19.7 Å². The van der Waals surface area contributed by atoms with Crippen LogP contribution in [-0.2, 0) is 13.0 Å². The molecule has 178 valence electrons. The Hall–Kier alpha value is -3.05. The summed E-state index contributed by atoms with van der Waals surface area (Å²) in [5, 5.41) is 6.23. The molecule has 2 amide bonds. The molecule has 0 fully saturated rings. The van der Waals surface area contributed by atoms with Crippen molar-refractivity contribution in [2.24, 2.45) is 0 Å². The molecule has 3 aromatic heterocycles. The Morgan fingerprint density at radius 3 is 2.64 bits per heavy atom. The van der Waals surface area contributed by atoms with Gasteiger partial charge in [0.1, 0.15) is 0 Å². The zero-order valence-electron chi connectivity index (χ0n) is 20.2. The number of nitrogens with zero attached hydrogens (tertiary/aromatic N) is 7. The van der Waals surface area contributed by atoms with Crippen molar-refractivity contribution >= 4 is 28.4 Å². The number of amides is 2. The van der Waals surface area contributed by atoms with Crippen molar-refractivity contribution < 1.29 is 4.79 Å². The number of nitrogens with one attached hydrogen (secondary N) is 2. The van der Waals surface area contributed by atoms with E-state index in [0.717, 1.165) is 47.3 Å². The van der Waals surface area contributed by atoms with E-state index in [0.29, 0.717) is 24.0 Å². The van der Waals surface area contributed by atoms with E-state index in [1.54, 1.807) is 6.33 Å². The maximum absolute atomic E-state index is 12.3. The van der Waals surface area contributed by atoms with Gasteiger partial charge in [-0.25, -0.2) is 24.7 Å². The van der Waals surface area contributed by atoms with Crippen molar-refractivity contribution in [3.63, 3.8) is 0 Å². The van der Waals surface area contributed by atoms with Crippen LogP contribution in [0.4, 0.5) is 15.9 Å². The van der Waals surface area contributed by atoms with E-state index in [-0.39, 0.29) is 6.03 Å². The minimum Gasteiger partial charge on any atom is -0.343 e. The zero-order chi connectivity index (χ0) is 24.0. The summed E-state index contributed by atoms with van der Waals surface area (Å²) in [6.07, 6.45) is 4.47. The Labute approximate surface area is 199 Å². The van der Waals surface area contributed by atoms with E-state index >= 15 is 0 Å². The van der Waals surface area contributed by atoms with Gasteiger partial charge in [-0.2, -0.15) is 0 Å². The number of carbonyl (C=O) groups is 1. The molecule has 0 saturated carbocycles. The molecule has 11 heteroatoms. The van der Waals surface area contributed by atoms with Crippen LogP contribution in [0.25, 0.3) is 10.6 Å². The molecule has 0 aliphatic heterocycles. The van der Waals surface area contributed by atoms with Crippen LogP contribution in [0.3, 0.4) is 0 Å². The van der Waals surface area contributed by atoms with Crippen LogP contribution in [0, 0.1) is 13.8 Å². The average molecular weight is 472 g/mol. The molecule has 10 nitrogen and oxygen atoms in total. The fourth-order valence-corrected chi connectivity index (χ4v) is 4.05. The van der Waals surface area contributed by atoms with Crippen molar-refractivity contribution in [1.82, 2.24) is 34.7 Å². The first kappa shape index (κ1) is 24.6. The predicted molar refractivity (Wildman–Crippen MR) is 133 cm³/mol. The van der Waals surface area contributed by atoms with Crippen LogP contribution in [0.15, 0.2) is 18.6 Å². The van der Waals surface area contributed by atoms with E-state index in [9.17, 15) is 4.79 Å². The first-order valence-electron chi connectivity index (χ1n) is 11.0. The van der Waals surface area contributed by atoms with Gasteiger partial charge in [0.25, 0.3) is 0 Å². The van der Waals surface area contributed by atoms with Crippen LogP contribution >= 0.6 is 11.3 Å². The molecule has 3 rings (SSSR count). The van der Waals surface area contributed by atoms with Crippen molar-refractivity contribution in [2.45, 2.75) is 33.7 Å². The summed E-state index contributed by atoms with van der Waals surface area (Å²) in [5.74, 6) is 0.678. The van der Waals surface area contributed by atoms with Gasteiger partial charge in [-0.15, -0.1) is 0 Å². The number of anilines is 2. The monoisotopic (exact) mass is 471 g/mol. The minimum atomic E-state index is -0.284. The second-order valence-corrected chi connectivity index (χ2v) is 9.18. The van der Waals surface area contributed by atoms with Gasteiger partial charge in [-0.3, -0.25) is 5.32 Å². The zero-order valence-corrected chi connectivity index (χ0v) is 21.0. The summed E-state index contributed by atoms with van der Waals surface area (Å²) in [6.45, 7) is 9.06. The summed E-state index contributed by atoms with van der Waals surface area (Å²) in [7, 11) is 6.08. The van der Waals surface area contributed by atoms with Crippen molar-refractivity contribution in [3.05, 3.63) is 35.7 Å². The molecule has 3 aromatic rings. The number of rotatable bonds is 10. The van der Waals surface area contributed by atoms with Crippen LogP contribution in [0.1, 0.15) is 24.0 Å². The van der Waals surface area contributed by atoms with Crippen molar-refractivity contribution in [3.8, 4) is 10.6 Å². The Kier molecular flexibility index (Phi) is 8.34. The largest absolute Gasteiger partial charge is 0.343 e. The van der Waals surface area contributed by atoms with Crippen LogP contribution < -0.4 is 15.5 Å². The van der Waals surface area contributed by atoms with E-state index in [2.05, 4.69) is 37.4 Å². The third-order valence-electron chi connectivity index (χ3n) is 5.03. The minimum absolute atomic E-state index is 0.284. The number of aromatic nitrogens is 5. The highest BCUT2D eigenvalue weighted by molar-refractivity contribution is 7.19. The first-order chi connectivity index (χ1) is 15.7. The fourth-order valence-electron chi connectivity index (χ4n) is 3.13. The molecule has 0 aliphatic rings. The van der Waals surface area contributed by atoms with Gasteiger partial charge >= 0.3 is 6.03 Å². The topological polar surface area (TPSA) is 104 Å². The van der Waals surface area contributed by atoms with Gasteiger partial charge in [0.2, 0.25) is 5.95 Å². The summed E-state index contributed by atoms with van der Waals surface area (Å²) in [6, 6.07) is 1.66. The fraction of sp³-hybridized carbons (Fsp3) is 0.500. The van der Waals surface area contributed by atoms with E-state index in [4.69, 9.17) is 4.98 Å². The lowest BCUT2D eigenvalue weighted by atomic mass is 10.2. The molecule has 3 heterocycles. The first-order valence-corrected chi connectivity index (χ1v) is 11.8. The third-order valence-corrected chi connectivity index (χ3v) is 6.13. The molecule has 0 aliphatic carbocycles. The lowest BCUT2D eigenvalue weighted by Crippen LogP contribution is -2.30. The normalized spacial score (nSPS) is 11.1. The Morgan fingerprint density at radius 2 is 1.94 bits per heavy atom. The number of thiazole rings is 1. The SMILES string of the molecule is CCn1cnc(CCNC(=O)Nc2nc(C)c(-c3cc(C)nc(N(C)CCN(C)C)n3)s2)c1. The molecule has 0 atom stereocenters. The molecule has 33 heavy (non-hydrogen) atoms. The second-order valence-electron chi connectivity index (χ2n) is 8.18. The van der Waals surface area contributed by atoms with Crippen molar-refractivity contribution in [2.75, 3.05) is 51.0 Å². The Balaban J connectivity index is 1.62. The lowest BCUT2D eigenvalue weighted by molar-refractivity contribution is 0.252. The molecular weight excluding hydrogens is 438 g/mol. The van der Waals surface area contributed by atoms with Gasteiger partial charge in [0, 0.05) is 51.5 Å². The average Bonchev–Trinajstić information content (AvgIpc) is 3.37. The number of hydrogen-bond donors (Lipinski definition) is 2. The maximum Gasteiger partial charge on any atom is 0.321 e. The summed E-state index contributed by atoms with van der Waals surface area (Å²) >= 11 is 1.41. The van der Waals surface area contributed by atoms with Gasteiger partial charge in [0.05, 0.1) is 28.3 Å². The Bertz CT molecular complexity index is 1080. The molecule has 0 radical (unpaired) electrons. The molecule has 2 N–H and O–H groups in total. The number of hydrogen-bond acceptors (Lipinski definition) is 8. The second kappa shape index (κ2) is 11.2. The van der Waals surface area contributed by atoms with Gasteiger partial charge in [-0.1, -0.05) is 11.3 Å². The molecular formula is C22H33N9OS. The summed E-state index contributed by atoms with van der Waals surface area (Å²) in [4.78, 5) is 35.6. The number of carbonyl (C=O) groups excluding carboxylic acids is 1. The van der Waals surface area contributed by atoms with E-state index in [1.807, 2.05) is 56.7 Å². The van der Waals surface area contributed by atoms with Gasteiger partial charge in [0.15, 0.2) is 5.13 Å². The smallest absolute Gasteiger partial charge is 0.321 e.